The van der Waals surface area contributed by atoms with Gasteiger partial charge in [0.25, 0.3) is 0 Å². The molecule has 1 heterocycles. The number of aromatic nitrogens is 2. The lowest BCUT2D eigenvalue weighted by molar-refractivity contribution is 1.02. The minimum atomic E-state index is 0.362. The summed E-state index contributed by atoms with van der Waals surface area (Å²) >= 11 is 11.8. The topological polar surface area (TPSA) is 25.8 Å². The Labute approximate surface area is 91.6 Å². The Kier molecular flexibility index (Phi) is 2.66. The lowest BCUT2D eigenvalue weighted by Crippen LogP contribution is -1.93. The predicted molar refractivity (Wildman–Crippen MR) is 59.3 cm³/mol. The lowest BCUT2D eigenvalue weighted by atomic mass is 10.1. The van der Waals surface area contributed by atoms with Gasteiger partial charge in [-0.25, -0.2) is 0 Å². The molecule has 0 radical (unpaired) electrons. The van der Waals surface area contributed by atoms with Crippen LogP contribution in [0.25, 0.3) is 12.2 Å². The minimum absolute atomic E-state index is 0.362. The van der Waals surface area contributed by atoms with E-state index >= 15 is 0 Å². The molecule has 0 unspecified atom stereocenters. The van der Waals surface area contributed by atoms with Crippen LogP contribution in [0.5, 0.6) is 0 Å². The fourth-order valence-corrected chi connectivity index (χ4v) is 1.57. The van der Waals surface area contributed by atoms with Crippen molar-refractivity contribution in [1.29, 1.82) is 0 Å². The highest BCUT2D eigenvalue weighted by Crippen LogP contribution is 2.26. The maximum Gasteiger partial charge on any atom is 0.159 e. The highest BCUT2D eigenvalue weighted by Gasteiger charge is 2.09. The Hall–Kier alpha value is -1.12. The first-order valence-electron chi connectivity index (χ1n) is 4.02. The van der Waals surface area contributed by atoms with Gasteiger partial charge in [0.05, 0.1) is 0 Å². The van der Waals surface area contributed by atoms with E-state index in [0.717, 1.165) is 11.1 Å². The van der Waals surface area contributed by atoms with Gasteiger partial charge in [-0.1, -0.05) is 59.7 Å². The zero-order valence-electron chi connectivity index (χ0n) is 7.11. The van der Waals surface area contributed by atoms with Gasteiger partial charge in [-0.05, 0) is 0 Å². The standard InChI is InChI=1S/C10H6Cl2N2/c11-9-7-5-3-1-2-4-6-8(7)10(12)14-13-9/h1-6H/b2-1-,3-1?,4-2?,5-3-,6-4-,7-5?,8-6?. The Morgan fingerprint density at radius 1 is 0.714 bits per heavy atom. The van der Waals surface area contributed by atoms with Crippen molar-refractivity contribution in [2.75, 3.05) is 0 Å². The zero-order chi connectivity index (χ0) is 9.97. The van der Waals surface area contributed by atoms with Crippen LogP contribution in [0.2, 0.25) is 10.3 Å². The van der Waals surface area contributed by atoms with E-state index in [1.54, 1.807) is 0 Å². The molecule has 0 spiro atoms. The second-order valence-corrected chi connectivity index (χ2v) is 3.43. The third-order valence-corrected chi connectivity index (χ3v) is 2.38. The summed E-state index contributed by atoms with van der Waals surface area (Å²) < 4.78 is 0. The SMILES string of the molecule is Clc1nnc(Cl)c2c1\C=C/C=C\C=C/2. The zero-order valence-corrected chi connectivity index (χ0v) is 8.63. The molecule has 2 nitrogen and oxygen atoms in total. The smallest absolute Gasteiger partial charge is 0.136 e. The normalized spacial score (nSPS) is 20.4. The molecule has 0 atom stereocenters. The summed E-state index contributed by atoms with van der Waals surface area (Å²) in [4.78, 5) is 0. The van der Waals surface area contributed by atoms with Gasteiger partial charge in [0.15, 0.2) is 10.3 Å². The first-order valence-corrected chi connectivity index (χ1v) is 4.78. The number of fused-ring (bicyclic) bond motifs is 1. The van der Waals surface area contributed by atoms with E-state index in [1.807, 2.05) is 36.5 Å². The van der Waals surface area contributed by atoms with Gasteiger partial charge in [0.2, 0.25) is 0 Å². The maximum absolute atomic E-state index is 5.90. The summed E-state index contributed by atoms with van der Waals surface area (Å²) in [7, 11) is 0. The third kappa shape index (κ3) is 1.72. The van der Waals surface area contributed by atoms with Gasteiger partial charge in [0.1, 0.15) is 0 Å². The molecule has 0 N–H and O–H groups in total. The summed E-state index contributed by atoms with van der Waals surface area (Å²) in [6.45, 7) is 0. The number of halogens is 2. The molecule has 4 heteroatoms. The van der Waals surface area contributed by atoms with Gasteiger partial charge >= 0.3 is 0 Å². The predicted octanol–water partition coefficient (Wildman–Crippen LogP) is 3.38. The molecule has 0 amide bonds. The average Bonchev–Trinajstić information content (AvgIpc) is 2.11. The molecule has 1 aromatic rings. The number of hydrogen-bond acceptors (Lipinski definition) is 2. The molecule has 0 aromatic carbocycles. The number of allylic oxidation sites excluding steroid dienone is 4. The van der Waals surface area contributed by atoms with Gasteiger partial charge < -0.3 is 0 Å². The average molecular weight is 225 g/mol. The van der Waals surface area contributed by atoms with Crippen LogP contribution in [0.1, 0.15) is 11.1 Å². The second kappa shape index (κ2) is 3.95. The molecular weight excluding hydrogens is 219 g/mol. The first-order chi connectivity index (χ1) is 6.79. The van der Waals surface area contributed by atoms with Crippen LogP contribution in [-0.2, 0) is 0 Å². The number of nitrogens with zero attached hydrogens (tertiary/aromatic N) is 2. The summed E-state index contributed by atoms with van der Waals surface area (Å²) in [5.74, 6) is 0. The van der Waals surface area contributed by atoms with Crippen molar-refractivity contribution in [2.24, 2.45) is 0 Å². The fraction of sp³-hybridized carbons (Fsp3) is 0. The monoisotopic (exact) mass is 224 g/mol. The van der Waals surface area contributed by atoms with Crippen LogP contribution in [0.3, 0.4) is 0 Å². The largest absolute Gasteiger partial charge is 0.159 e. The van der Waals surface area contributed by atoms with E-state index in [4.69, 9.17) is 23.2 Å². The van der Waals surface area contributed by atoms with Crippen molar-refractivity contribution in [1.82, 2.24) is 10.2 Å². The van der Waals surface area contributed by atoms with Crippen molar-refractivity contribution in [3.63, 3.8) is 0 Å². The van der Waals surface area contributed by atoms with Crippen molar-refractivity contribution in [3.8, 4) is 0 Å². The summed E-state index contributed by atoms with van der Waals surface area (Å²) in [6, 6.07) is 0. The summed E-state index contributed by atoms with van der Waals surface area (Å²) in [5.41, 5.74) is 1.60. The lowest BCUT2D eigenvalue weighted by Gasteiger charge is -2.04. The van der Waals surface area contributed by atoms with Gasteiger partial charge in [-0.2, -0.15) is 0 Å². The van der Waals surface area contributed by atoms with Crippen LogP contribution in [0, 0.1) is 0 Å². The highest BCUT2D eigenvalue weighted by molar-refractivity contribution is 6.33. The molecule has 0 fully saturated rings. The van der Waals surface area contributed by atoms with Crippen molar-refractivity contribution in [2.45, 2.75) is 0 Å². The van der Waals surface area contributed by atoms with Crippen molar-refractivity contribution < 1.29 is 0 Å². The van der Waals surface area contributed by atoms with Crippen LogP contribution in [0.4, 0.5) is 0 Å². The van der Waals surface area contributed by atoms with Gasteiger partial charge in [-0.3, -0.25) is 0 Å². The van der Waals surface area contributed by atoms with Crippen molar-refractivity contribution in [3.05, 3.63) is 45.7 Å². The van der Waals surface area contributed by atoms with E-state index in [1.165, 1.54) is 0 Å². The van der Waals surface area contributed by atoms with E-state index < -0.39 is 0 Å². The van der Waals surface area contributed by atoms with E-state index in [9.17, 15) is 0 Å². The number of rotatable bonds is 0. The molecule has 1 aliphatic rings. The van der Waals surface area contributed by atoms with E-state index in [2.05, 4.69) is 10.2 Å². The highest BCUT2D eigenvalue weighted by atomic mass is 35.5. The van der Waals surface area contributed by atoms with Gasteiger partial charge in [-0.15, -0.1) is 10.2 Å². The van der Waals surface area contributed by atoms with Crippen LogP contribution in [-0.4, -0.2) is 10.2 Å². The Morgan fingerprint density at radius 2 is 1.14 bits per heavy atom. The molecule has 0 saturated heterocycles. The fourth-order valence-electron chi connectivity index (χ4n) is 1.17. The van der Waals surface area contributed by atoms with Gasteiger partial charge in [0, 0.05) is 11.1 Å². The quantitative estimate of drug-likeness (QED) is 0.676. The van der Waals surface area contributed by atoms with Crippen molar-refractivity contribution >= 4 is 35.4 Å². The first kappa shape index (κ1) is 9.44. The Bertz CT molecular complexity index is 407. The molecule has 70 valence electrons. The number of hydrogen-bond donors (Lipinski definition) is 0. The minimum Gasteiger partial charge on any atom is -0.136 e. The molecule has 14 heavy (non-hydrogen) atoms. The van der Waals surface area contributed by atoms with E-state index in [0.29, 0.717) is 10.3 Å². The maximum atomic E-state index is 5.90. The Balaban J connectivity index is 2.69. The third-order valence-electron chi connectivity index (χ3n) is 1.82. The Morgan fingerprint density at radius 3 is 1.57 bits per heavy atom. The molecule has 1 aliphatic carbocycles. The molecule has 1 aromatic heterocycles. The summed E-state index contributed by atoms with van der Waals surface area (Å²) in [6.07, 6.45) is 11.3. The molecule has 0 bridgehead atoms. The van der Waals surface area contributed by atoms with Crippen LogP contribution >= 0.6 is 23.2 Å². The molecular formula is C10H6Cl2N2. The van der Waals surface area contributed by atoms with Crippen LogP contribution < -0.4 is 0 Å². The molecule has 0 aliphatic heterocycles. The van der Waals surface area contributed by atoms with Crippen LogP contribution in [0.15, 0.2) is 24.3 Å². The van der Waals surface area contributed by atoms with E-state index in [-0.39, 0.29) is 0 Å². The molecule has 2 rings (SSSR count). The second-order valence-electron chi connectivity index (χ2n) is 2.71. The summed E-state index contributed by atoms with van der Waals surface area (Å²) in [5, 5.41) is 8.20. The molecule has 0 saturated carbocycles.